The molecule has 0 aliphatic heterocycles. The van der Waals surface area contributed by atoms with Crippen LogP contribution < -0.4 is 10.7 Å². The third kappa shape index (κ3) is 5.04. The second-order valence-corrected chi connectivity index (χ2v) is 7.03. The summed E-state index contributed by atoms with van der Waals surface area (Å²) in [5.74, 6) is -0.164. The van der Waals surface area contributed by atoms with Gasteiger partial charge in [0.05, 0.1) is 28.1 Å². The smallest absolute Gasteiger partial charge is 0.274 e. The quantitative estimate of drug-likeness (QED) is 0.426. The van der Waals surface area contributed by atoms with Crippen molar-refractivity contribution in [2.45, 2.75) is 13.8 Å². The van der Waals surface area contributed by atoms with Crippen molar-refractivity contribution >= 4 is 46.4 Å². The van der Waals surface area contributed by atoms with Gasteiger partial charge in [-0.1, -0.05) is 35.3 Å². The molecule has 3 rings (SSSR count). The first kappa shape index (κ1) is 20.6. The van der Waals surface area contributed by atoms with Crippen LogP contribution in [0.1, 0.15) is 39.0 Å². The number of rotatable bonds is 5. The second-order valence-electron chi connectivity index (χ2n) is 6.18. The highest BCUT2D eigenvalue weighted by molar-refractivity contribution is 6.37. The van der Waals surface area contributed by atoms with Gasteiger partial charge >= 0.3 is 0 Å². The Kier molecular flexibility index (Phi) is 6.36. The molecule has 0 spiro atoms. The van der Waals surface area contributed by atoms with Gasteiger partial charge < -0.3 is 9.73 Å². The van der Waals surface area contributed by atoms with Crippen LogP contribution in [0.2, 0.25) is 10.0 Å². The molecule has 1 heterocycles. The standard InChI is InChI=1S/C21H17Cl2N3O3/c1-12(25-26-21(28)17-9-10-29-13(17)2)14-3-6-16(7-4-14)24-20(27)18-8-5-15(22)11-19(18)23/h3-11H,1-2H3,(H,24,27)(H,26,28)/b25-12-. The number of halogens is 2. The first-order valence-electron chi connectivity index (χ1n) is 8.60. The molecule has 0 bridgehead atoms. The molecule has 148 valence electrons. The number of furan rings is 1. The zero-order chi connectivity index (χ0) is 21.0. The van der Waals surface area contributed by atoms with Crippen molar-refractivity contribution in [3.63, 3.8) is 0 Å². The second kappa shape index (κ2) is 8.94. The van der Waals surface area contributed by atoms with Gasteiger partial charge in [-0.05, 0) is 55.8 Å². The molecule has 0 unspecified atom stereocenters. The number of nitrogens with one attached hydrogen (secondary N) is 2. The van der Waals surface area contributed by atoms with Crippen LogP contribution in [0.5, 0.6) is 0 Å². The minimum atomic E-state index is -0.348. The van der Waals surface area contributed by atoms with E-state index in [4.69, 9.17) is 27.6 Å². The van der Waals surface area contributed by atoms with E-state index in [1.807, 2.05) is 0 Å². The van der Waals surface area contributed by atoms with E-state index in [9.17, 15) is 9.59 Å². The minimum absolute atomic E-state index is 0.276. The van der Waals surface area contributed by atoms with Crippen LogP contribution in [0.15, 0.2) is 64.3 Å². The molecule has 6 nitrogen and oxygen atoms in total. The lowest BCUT2D eigenvalue weighted by atomic mass is 10.1. The van der Waals surface area contributed by atoms with E-state index in [0.717, 1.165) is 5.56 Å². The van der Waals surface area contributed by atoms with Gasteiger partial charge in [-0.3, -0.25) is 9.59 Å². The molecule has 2 amide bonds. The Labute approximate surface area is 177 Å². The van der Waals surface area contributed by atoms with Gasteiger partial charge in [-0.25, -0.2) is 5.43 Å². The van der Waals surface area contributed by atoms with Gasteiger partial charge in [0, 0.05) is 10.7 Å². The average Bonchev–Trinajstić information content (AvgIpc) is 3.12. The van der Waals surface area contributed by atoms with E-state index in [-0.39, 0.29) is 16.8 Å². The molecule has 2 N–H and O–H groups in total. The Morgan fingerprint density at radius 3 is 2.31 bits per heavy atom. The summed E-state index contributed by atoms with van der Waals surface area (Å²) in [6.45, 7) is 3.47. The molecule has 0 radical (unpaired) electrons. The highest BCUT2D eigenvalue weighted by Crippen LogP contribution is 2.22. The molecule has 2 aromatic carbocycles. The summed E-state index contributed by atoms with van der Waals surface area (Å²) < 4.78 is 5.11. The van der Waals surface area contributed by atoms with Gasteiger partial charge in [-0.15, -0.1) is 0 Å². The van der Waals surface area contributed by atoms with Crippen LogP contribution in [-0.4, -0.2) is 17.5 Å². The number of hydrazone groups is 1. The molecule has 1 aromatic heterocycles. The maximum absolute atomic E-state index is 12.4. The molecule has 0 saturated heterocycles. The summed E-state index contributed by atoms with van der Waals surface area (Å²) in [7, 11) is 0. The SMILES string of the molecule is C/C(=N/NC(=O)c1ccoc1C)c1ccc(NC(=O)c2ccc(Cl)cc2Cl)cc1. The van der Waals surface area contributed by atoms with Crippen LogP contribution in [0.4, 0.5) is 5.69 Å². The summed E-state index contributed by atoms with van der Waals surface area (Å²) in [4.78, 5) is 24.4. The van der Waals surface area contributed by atoms with Gasteiger partial charge in [-0.2, -0.15) is 5.10 Å². The van der Waals surface area contributed by atoms with Crippen LogP contribution in [0, 0.1) is 6.92 Å². The lowest BCUT2D eigenvalue weighted by Gasteiger charge is -2.08. The van der Waals surface area contributed by atoms with E-state index in [1.165, 1.54) is 12.3 Å². The average molecular weight is 430 g/mol. The number of nitrogens with zero attached hydrogens (tertiary/aromatic N) is 1. The third-order valence-corrected chi connectivity index (χ3v) is 4.71. The fourth-order valence-electron chi connectivity index (χ4n) is 2.55. The zero-order valence-electron chi connectivity index (χ0n) is 15.6. The maximum atomic E-state index is 12.4. The summed E-state index contributed by atoms with van der Waals surface area (Å²) in [5.41, 5.74) is 5.25. The third-order valence-electron chi connectivity index (χ3n) is 4.16. The summed E-state index contributed by atoms with van der Waals surface area (Å²) in [6.07, 6.45) is 1.45. The van der Waals surface area contributed by atoms with E-state index in [0.29, 0.717) is 33.3 Å². The molecule has 0 fully saturated rings. The lowest BCUT2D eigenvalue weighted by molar-refractivity contribution is 0.0952. The Hall–Kier alpha value is -3.09. The highest BCUT2D eigenvalue weighted by Gasteiger charge is 2.12. The van der Waals surface area contributed by atoms with Crippen molar-refractivity contribution in [1.82, 2.24) is 5.43 Å². The molecule has 3 aromatic rings. The van der Waals surface area contributed by atoms with Crippen molar-refractivity contribution < 1.29 is 14.0 Å². The Morgan fingerprint density at radius 1 is 0.966 bits per heavy atom. The minimum Gasteiger partial charge on any atom is -0.469 e. The predicted molar refractivity (Wildman–Crippen MR) is 114 cm³/mol. The molecular formula is C21H17Cl2N3O3. The van der Waals surface area contributed by atoms with Crippen LogP contribution in [0.25, 0.3) is 0 Å². The largest absolute Gasteiger partial charge is 0.469 e. The summed E-state index contributed by atoms with van der Waals surface area (Å²) >= 11 is 11.9. The molecule has 0 atom stereocenters. The zero-order valence-corrected chi connectivity index (χ0v) is 17.1. The fourth-order valence-corrected chi connectivity index (χ4v) is 3.04. The number of amides is 2. The van der Waals surface area contributed by atoms with E-state index in [1.54, 1.807) is 56.3 Å². The van der Waals surface area contributed by atoms with Crippen molar-refractivity contribution in [3.8, 4) is 0 Å². The van der Waals surface area contributed by atoms with Crippen molar-refractivity contribution in [3.05, 3.63) is 87.3 Å². The summed E-state index contributed by atoms with van der Waals surface area (Å²) in [5, 5.41) is 7.62. The molecule has 0 saturated carbocycles. The Balaban J connectivity index is 1.65. The topological polar surface area (TPSA) is 83.7 Å². The van der Waals surface area contributed by atoms with Crippen molar-refractivity contribution in [2.24, 2.45) is 5.10 Å². The first-order chi connectivity index (χ1) is 13.8. The number of hydrogen-bond acceptors (Lipinski definition) is 4. The van der Waals surface area contributed by atoms with Gasteiger partial charge in [0.1, 0.15) is 5.76 Å². The molecule has 0 aliphatic carbocycles. The van der Waals surface area contributed by atoms with E-state index < -0.39 is 0 Å². The number of benzene rings is 2. The normalized spacial score (nSPS) is 11.2. The van der Waals surface area contributed by atoms with Crippen LogP contribution in [0.3, 0.4) is 0 Å². The van der Waals surface area contributed by atoms with E-state index >= 15 is 0 Å². The van der Waals surface area contributed by atoms with Crippen molar-refractivity contribution in [2.75, 3.05) is 5.32 Å². The fraction of sp³-hybridized carbons (Fsp3) is 0.0952. The van der Waals surface area contributed by atoms with Gasteiger partial charge in [0.15, 0.2) is 0 Å². The molecule has 8 heteroatoms. The highest BCUT2D eigenvalue weighted by atomic mass is 35.5. The van der Waals surface area contributed by atoms with Gasteiger partial charge in [0.25, 0.3) is 11.8 Å². The number of carbonyl (C=O) groups excluding carboxylic acids is 2. The number of anilines is 1. The number of hydrogen-bond donors (Lipinski definition) is 2. The Bertz CT molecular complexity index is 1090. The van der Waals surface area contributed by atoms with Gasteiger partial charge in [0.2, 0.25) is 0 Å². The molecule has 29 heavy (non-hydrogen) atoms. The van der Waals surface area contributed by atoms with Crippen LogP contribution in [-0.2, 0) is 0 Å². The molecule has 0 aliphatic rings. The monoisotopic (exact) mass is 429 g/mol. The first-order valence-corrected chi connectivity index (χ1v) is 9.36. The number of carbonyl (C=O) groups is 2. The Morgan fingerprint density at radius 2 is 1.69 bits per heavy atom. The molecular weight excluding hydrogens is 413 g/mol. The number of aryl methyl sites for hydroxylation is 1. The predicted octanol–water partition coefficient (Wildman–Crippen LogP) is 5.30. The summed E-state index contributed by atoms with van der Waals surface area (Å²) in [6, 6.07) is 13.3. The van der Waals surface area contributed by atoms with E-state index in [2.05, 4.69) is 15.8 Å². The van der Waals surface area contributed by atoms with Crippen LogP contribution >= 0.6 is 23.2 Å². The van der Waals surface area contributed by atoms with Crippen molar-refractivity contribution in [1.29, 1.82) is 0 Å². The maximum Gasteiger partial charge on any atom is 0.274 e. The lowest BCUT2D eigenvalue weighted by Crippen LogP contribution is -2.19.